The first-order valence-electron chi connectivity index (χ1n) is 27.2. The zero-order valence-electron chi connectivity index (χ0n) is 45.1. The standard InChI is InChI=1S/C52H85N9O17/c1-5-27(2)22-28(3)12-10-8-6-7-9-11-13-39(69)55-33-24-37(67)50(78-21-19-53)59-49(75)43-35(65)18-20-60(43)52(77)41(36(66)25-38(54)68)57-48(74)42(45(71)44(70)30-14-16-31(63)17-15-30)58-47(73)34-23-32(64)26-61(34)51(76)40(29(4)62)56-46(33)72/h14-17,27-29,32-37,40-45,50,62-67,70-71H,5-13,18-26,53H2,1-4H3,(H2,54,68)(H,55,69)(H,56,72)(H,57,74)(H,58,73)(H,59,75)/t27?,28?,29-,32-,33-,34+,35+,36-,37+,40+,41+,42+,43+,44+,45+,50-/m1/s1. The van der Waals surface area contributed by atoms with E-state index in [1.807, 2.05) is 0 Å². The van der Waals surface area contributed by atoms with Gasteiger partial charge in [0, 0.05) is 38.9 Å². The number of carbonyl (C=O) groups excluding carboxylic acids is 8. The fourth-order valence-electron chi connectivity index (χ4n) is 10.1. The summed E-state index contributed by atoms with van der Waals surface area (Å²) in [4.78, 5) is 114. The Balaban J connectivity index is 1.74. The predicted molar refractivity (Wildman–Crippen MR) is 278 cm³/mol. The second-order valence-corrected chi connectivity index (χ2v) is 21.2. The van der Waals surface area contributed by atoms with Gasteiger partial charge < -0.3 is 93.4 Å². The van der Waals surface area contributed by atoms with Crippen LogP contribution in [0.1, 0.15) is 129 Å². The van der Waals surface area contributed by atoms with Crippen LogP contribution in [0.15, 0.2) is 24.3 Å². The van der Waals surface area contributed by atoms with E-state index >= 15 is 0 Å². The number of phenolic OH excluding ortho intramolecular Hbond substituents is 1. The molecule has 0 aliphatic carbocycles. The monoisotopic (exact) mass is 1110 g/mol. The minimum atomic E-state index is -2.36. The van der Waals surface area contributed by atoms with Crippen LogP contribution in [0.3, 0.4) is 0 Å². The summed E-state index contributed by atoms with van der Waals surface area (Å²) in [6.45, 7) is 6.33. The number of rotatable bonds is 23. The van der Waals surface area contributed by atoms with E-state index in [0.29, 0.717) is 24.7 Å². The van der Waals surface area contributed by atoms with Crippen molar-refractivity contribution in [2.45, 2.75) is 203 Å². The van der Waals surface area contributed by atoms with Gasteiger partial charge in [-0.25, -0.2) is 0 Å². The number of phenols is 1. The van der Waals surface area contributed by atoms with E-state index in [1.54, 1.807) is 0 Å². The van der Waals surface area contributed by atoms with Crippen LogP contribution in [-0.2, 0) is 43.1 Å². The lowest BCUT2D eigenvalue weighted by Gasteiger charge is -2.34. The smallest absolute Gasteiger partial charge is 0.248 e. The van der Waals surface area contributed by atoms with Gasteiger partial charge in [-0.15, -0.1) is 0 Å². The number of nitrogens with one attached hydrogen (secondary N) is 5. The zero-order chi connectivity index (χ0) is 58.0. The van der Waals surface area contributed by atoms with Gasteiger partial charge in [0.05, 0.1) is 37.4 Å². The lowest BCUT2D eigenvalue weighted by Crippen LogP contribution is -2.64. The summed E-state index contributed by atoms with van der Waals surface area (Å²) in [5.41, 5.74) is 11.0. The third kappa shape index (κ3) is 18.8. The van der Waals surface area contributed by atoms with Gasteiger partial charge in [0.15, 0.2) is 6.23 Å². The molecule has 8 amide bonds. The molecular weight excluding hydrogens is 1020 g/mol. The topological polar surface area (TPSA) is 426 Å². The summed E-state index contributed by atoms with van der Waals surface area (Å²) in [7, 11) is 0. The quantitative estimate of drug-likeness (QED) is 0.0476. The maximum Gasteiger partial charge on any atom is 0.248 e. The van der Waals surface area contributed by atoms with E-state index in [1.165, 1.54) is 18.6 Å². The molecule has 0 bridgehead atoms. The molecule has 0 saturated carbocycles. The lowest BCUT2D eigenvalue weighted by molar-refractivity contribution is -0.150. The largest absolute Gasteiger partial charge is 0.508 e. The van der Waals surface area contributed by atoms with Gasteiger partial charge in [0.25, 0.3) is 0 Å². The molecule has 3 aliphatic heterocycles. The molecular formula is C52H85N9O17. The molecule has 0 aromatic heterocycles. The van der Waals surface area contributed by atoms with Crippen LogP contribution in [0, 0.1) is 11.8 Å². The number of carbonyl (C=O) groups is 8. The van der Waals surface area contributed by atoms with E-state index < -0.39 is 165 Å². The highest BCUT2D eigenvalue weighted by molar-refractivity contribution is 5.98. The number of hydrogen-bond acceptors (Lipinski definition) is 18. The van der Waals surface area contributed by atoms with Crippen molar-refractivity contribution in [3.63, 3.8) is 0 Å². The fraction of sp³-hybridized carbons (Fsp3) is 0.731. The molecule has 3 saturated heterocycles. The van der Waals surface area contributed by atoms with E-state index in [4.69, 9.17) is 16.2 Å². The molecule has 440 valence electrons. The SMILES string of the molecule is CCC(C)CC(C)CCCCCCCCC(=O)N[C@@H]1C[C@H](O)[C@@H](OCCN)NC(=O)[C@@H]2[C@@H](O)CCN2C(=O)[C@H]([C@H](O)CC(N)=O)NC(=O)[C@H]([C@H](O)[C@@H](O)c2ccc(O)cc2)NC(=O)[C@@H]2C[C@@H](O)CN2C(=O)[C@H]([C@@H](C)O)NC1=O. The molecule has 16 atom stereocenters. The number of aliphatic hydroxyl groups is 7. The molecule has 78 heavy (non-hydrogen) atoms. The summed E-state index contributed by atoms with van der Waals surface area (Å²) >= 11 is 0. The molecule has 3 aliphatic rings. The average molecular weight is 1110 g/mol. The summed E-state index contributed by atoms with van der Waals surface area (Å²) in [5.74, 6) is -8.30. The Morgan fingerprint density at radius 2 is 1.37 bits per heavy atom. The Hall–Kier alpha value is -5.58. The predicted octanol–water partition coefficient (Wildman–Crippen LogP) is -3.36. The summed E-state index contributed by atoms with van der Waals surface area (Å²) in [6.07, 6.45) is -9.20. The Morgan fingerprint density at radius 1 is 0.756 bits per heavy atom. The number of nitrogens with two attached hydrogens (primary N) is 2. The minimum absolute atomic E-state index is 0.0611. The van der Waals surface area contributed by atoms with E-state index in [0.717, 1.165) is 67.4 Å². The van der Waals surface area contributed by atoms with Crippen molar-refractivity contribution in [1.29, 1.82) is 0 Å². The van der Waals surface area contributed by atoms with Gasteiger partial charge in [0.2, 0.25) is 47.3 Å². The summed E-state index contributed by atoms with van der Waals surface area (Å²) in [5, 5.41) is 101. The lowest BCUT2D eigenvalue weighted by atomic mass is 9.91. The Labute approximate surface area is 454 Å². The molecule has 2 unspecified atom stereocenters. The molecule has 3 heterocycles. The molecule has 4 rings (SSSR count). The number of fused-ring (bicyclic) bond motifs is 2. The van der Waals surface area contributed by atoms with Crippen molar-refractivity contribution >= 4 is 47.3 Å². The average Bonchev–Trinajstić information content (AvgIpc) is 4.01. The first-order valence-corrected chi connectivity index (χ1v) is 27.2. The van der Waals surface area contributed by atoms with E-state index in [-0.39, 0.29) is 37.3 Å². The molecule has 3 fully saturated rings. The molecule has 1 aromatic carbocycles. The third-order valence-electron chi connectivity index (χ3n) is 14.7. The van der Waals surface area contributed by atoms with Crippen LogP contribution >= 0.6 is 0 Å². The number of benzene rings is 1. The molecule has 26 nitrogen and oxygen atoms in total. The highest BCUT2D eigenvalue weighted by Crippen LogP contribution is 2.27. The van der Waals surface area contributed by atoms with Crippen molar-refractivity contribution in [2.24, 2.45) is 23.3 Å². The van der Waals surface area contributed by atoms with Crippen LogP contribution < -0.4 is 38.1 Å². The maximum atomic E-state index is 14.6. The van der Waals surface area contributed by atoms with Crippen molar-refractivity contribution in [3.8, 4) is 5.75 Å². The zero-order valence-corrected chi connectivity index (χ0v) is 45.1. The van der Waals surface area contributed by atoms with Crippen LogP contribution in [0.25, 0.3) is 0 Å². The normalized spacial score (nSPS) is 28.4. The Kier molecular flexibility index (Phi) is 26.0. The number of ether oxygens (including phenoxy) is 1. The first-order chi connectivity index (χ1) is 36.9. The number of nitrogens with zero attached hydrogens (tertiary/aromatic N) is 2. The van der Waals surface area contributed by atoms with Crippen LogP contribution in [0.2, 0.25) is 0 Å². The summed E-state index contributed by atoms with van der Waals surface area (Å²) in [6, 6.07) is -7.20. The van der Waals surface area contributed by atoms with Crippen molar-refractivity contribution in [2.75, 3.05) is 26.2 Å². The van der Waals surface area contributed by atoms with E-state index in [9.17, 15) is 79.2 Å². The van der Waals surface area contributed by atoms with Gasteiger partial charge in [-0.3, -0.25) is 38.4 Å². The Morgan fingerprint density at radius 3 is 2.00 bits per heavy atom. The van der Waals surface area contributed by atoms with Gasteiger partial charge in [-0.1, -0.05) is 77.8 Å². The number of amides is 8. The van der Waals surface area contributed by atoms with Gasteiger partial charge in [-0.2, -0.15) is 0 Å². The number of aromatic hydroxyl groups is 1. The molecule has 0 radical (unpaired) electrons. The Bertz CT molecular complexity index is 2160. The molecule has 17 N–H and O–H groups in total. The second kappa shape index (κ2) is 31.3. The van der Waals surface area contributed by atoms with Crippen LogP contribution in [0.4, 0.5) is 0 Å². The van der Waals surface area contributed by atoms with E-state index in [2.05, 4.69) is 47.4 Å². The first kappa shape index (κ1) is 64.9. The van der Waals surface area contributed by atoms with Crippen molar-refractivity contribution < 1.29 is 83.9 Å². The second-order valence-electron chi connectivity index (χ2n) is 21.2. The minimum Gasteiger partial charge on any atom is -0.508 e. The van der Waals surface area contributed by atoms with Gasteiger partial charge in [-0.05, 0) is 55.7 Å². The molecule has 0 spiro atoms. The number of unbranched alkanes of at least 4 members (excludes halogenated alkanes) is 5. The van der Waals surface area contributed by atoms with Crippen molar-refractivity contribution in [3.05, 3.63) is 29.8 Å². The molecule has 26 heteroatoms. The highest BCUT2D eigenvalue weighted by atomic mass is 16.5. The number of hydrogen-bond donors (Lipinski definition) is 15. The van der Waals surface area contributed by atoms with Crippen LogP contribution in [-0.4, -0.2) is 203 Å². The fourth-order valence-corrected chi connectivity index (χ4v) is 10.1. The van der Waals surface area contributed by atoms with Crippen molar-refractivity contribution in [1.82, 2.24) is 36.4 Å². The van der Waals surface area contributed by atoms with Gasteiger partial charge in [0.1, 0.15) is 60.3 Å². The number of aliphatic hydroxyl groups excluding tert-OH is 7. The summed E-state index contributed by atoms with van der Waals surface area (Å²) < 4.78 is 5.70. The number of primary amides is 1. The van der Waals surface area contributed by atoms with Gasteiger partial charge >= 0.3 is 0 Å². The maximum absolute atomic E-state index is 14.6. The van der Waals surface area contributed by atoms with Crippen LogP contribution in [0.5, 0.6) is 5.75 Å². The third-order valence-corrected chi connectivity index (χ3v) is 14.7. The highest BCUT2D eigenvalue weighted by Gasteiger charge is 2.49. The molecule has 1 aromatic rings.